The van der Waals surface area contributed by atoms with E-state index < -0.39 is 0 Å². The fraction of sp³-hybridized carbons (Fsp3) is 0.462. The van der Waals surface area contributed by atoms with Crippen molar-refractivity contribution in [3.05, 3.63) is 35.4 Å². The van der Waals surface area contributed by atoms with Crippen LogP contribution in [0.15, 0.2) is 24.3 Å². The highest BCUT2D eigenvalue weighted by Crippen LogP contribution is 2.29. The Morgan fingerprint density at radius 1 is 1.50 bits per heavy atom. The number of rotatable bonds is 3. The van der Waals surface area contributed by atoms with Gasteiger partial charge in [-0.15, -0.1) is 0 Å². The monoisotopic (exact) mass is 218 g/mol. The van der Waals surface area contributed by atoms with Gasteiger partial charge in [0.15, 0.2) is 0 Å². The van der Waals surface area contributed by atoms with E-state index in [2.05, 4.69) is 23.5 Å². The van der Waals surface area contributed by atoms with Crippen molar-refractivity contribution in [1.29, 1.82) is 0 Å². The molecule has 1 aliphatic carbocycles. The van der Waals surface area contributed by atoms with Gasteiger partial charge in [-0.2, -0.15) is 0 Å². The normalized spacial score (nSPS) is 21.2. The van der Waals surface area contributed by atoms with E-state index in [1.165, 1.54) is 17.5 Å². The molecule has 3 nitrogen and oxygen atoms in total. The van der Waals surface area contributed by atoms with Crippen LogP contribution in [0.4, 0.5) is 0 Å². The first-order valence-corrected chi connectivity index (χ1v) is 5.81. The van der Waals surface area contributed by atoms with Gasteiger partial charge in [-0.3, -0.25) is 10.1 Å². The Labute approximate surface area is 96.0 Å². The van der Waals surface area contributed by atoms with Crippen molar-refractivity contribution in [3.63, 3.8) is 0 Å². The molecule has 0 unspecified atom stereocenters. The van der Waals surface area contributed by atoms with E-state index in [1.807, 2.05) is 13.0 Å². The van der Waals surface area contributed by atoms with Gasteiger partial charge in [-0.05, 0) is 37.3 Å². The van der Waals surface area contributed by atoms with Gasteiger partial charge in [0.2, 0.25) is 5.91 Å². The Balaban J connectivity index is 2.16. The van der Waals surface area contributed by atoms with Gasteiger partial charge < -0.3 is 5.73 Å². The van der Waals surface area contributed by atoms with Crippen LogP contribution in [0.1, 0.15) is 36.9 Å². The minimum absolute atomic E-state index is 0.267. The first kappa shape index (κ1) is 11.1. The summed E-state index contributed by atoms with van der Waals surface area (Å²) in [4.78, 5) is 11.0. The minimum Gasteiger partial charge on any atom is -0.368 e. The van der Waals surface area contributed by atoms with E-state index in [-0.39, 0.29) is 18.0 Å². The van der Waals surface area contributed by atoms with Gasteiger partial charge in [0.05, 0.1) is 6.04 Å². The van der Waals surface area contributed by atoms with Crippen molar-refractivity contribution in [2.45, 2.75) is 38.3 Å². The Bertz CT molecular complexity index is 389. The predicted molar refractivity (Wildman–Crippen MR) is 63.9 cm³/mol. The zero-order valence-electron chi connectivity index (χ0n) is 9.57. The molecule has 1 aliphatic rings. The Morgan fingerprint density at radius 3 is 3.00 bits per heavy atom. The molecule has 1 aromatic rings. The average molecular weight is 218 g/mol. The number of aryl methyl sites for hydroxylation is 1. The van der Waals surface area contributed by atoms with Crippen LogP contribution in [-0.2, 0) is 11.2 Å². The maximum Gasteiger partial charge on any atom is 0.234 e. The SMILES string of the molecule is C[C@@H](N[C@@H]1CCCc2ccccc21)C(N)=O. The summed E-state index contributed by atoms with van der Waals surface area (Å²) in [6.45, 7) is 1.82. The lowest BCUT2D eigenvalue weighted by Gasteiger charge is -2.28. The summed E-state index contributed by atoms with van der Waals surface area (Å²) in [5, 5.41) is 3.30. The summed E-state index contributed by atoms with van der Waals surface area (Å²) >= 11 is 0. The third-order valence-corrected chi connectivity index (χ3v) is 3.25. The van der Waals surface area contributed by atoms with Crippen molar-refractivity contribution < 1.29 is 4.79 Å². The zero-order chi connectivity index (χ0) is 11.5. The van der Waals surface area contributed by atoms with Gasteiger partial charge in [0.1, 0.15) is 0 Å². The van der Waals surface area contributed by atoms with Crippen LogP contribution in [0.5, 0.6) is 0 Å². The van der Waals surface area contributed by atoms with Gasteiger partial charge in [0, 0.05) is 6.04 Å². The van der Waals surface area contributed by atoms with Crippen LogP contribution in [0, 0.1) is 0 Å². The molecule has 1 amide bonds. The fourth-order valence-electron chi connectivity index (χ4n) is 2.31. The Hall–Kier alpha value is -1.35. The summed E-state index contributed by atoms with van der Waals surface area (Å²) in [5.41, 5.74) is 7.98. The second-order valence-electron chi connectivity index (χ2n) is 4.43. The van der Waals surface area contributed by atoms with Crippen molar-refractivity contribution >= 4 is 5.91 Å². The summed E-state index contributed by atoms with van der Waals surface area (Å²) in [6.07, 6.45) is 3.38. The molecule has 0 spiro atoms. The van der Waals surface area contributed by atoms with Crippen molar-refractivity contribution in [1.82, 2.24) is 5.32 Å². The molecule has 0 bridgehead atoms. The molecule has 3 heteroatoms. The number of nitrogens with one attached hydrogen (secondary N) is 1. The summed E-state index contributed by atoms with van der Waals surface area (Å²) in [7, 11) is 0. The smallest absolute Gasteiger partial charge is 0.234 e. The van der Waals surface area contributed by atoms with E-state index in [1.54, 1.807) is 0 Å². The maximum atomic E-state index is 11.0. The number of fused-ring (bicyclic) bond motifs is 1. The molecule has 16 heavy (non-hydrogen) atoms. The minimum atomic E-state index is -0.289. The first-order valence-electron chi connectivity index (χ1n) is 5.81. The highest BCUT2D eigenvalue weighted by atomic mass is 16.1. The molecule has 0 aromatic heterocycles. The molecular weight excluding hydrogens is 200 g/mol. The van der Waals surface area contributed by atoms with E-state index >= 15 is 0 Å². The van der Waals surface area contributed by atoms with Crippen LogP contribution >= 0.6 is 0 Å². The van der Waals surface area contributed by atoms with Crippen LogP contribution in [0.25, 0.3) is 0 Å². The van der Waals surface area contributed by atoms with Crippen LogP contribution in [0.3, 0.4) is 0 Å². The van der Waals surface area contributed by atoms with Gasteiger partial charge in [-0.25, -0.2) is 0 Å². The molecule has 86 valence electrons. The first-order chi connectivity index (χ1) is 7.68. The lowest BCUT2D eigenvalue weighted by Crippen LogP contribution is -2.41. The number of hydrogen-bond acceptors (Lipinski definition) is 2. The van der Waals surface area contributed by atoms with Crippen LogP contribution in [-0.4, -0.2) is 11.9 Å². The third kappa shape index (κ3) is 2.25. The summed E-state index contributed by atoms with van der Waals surface area (Å²) in [6, 6.07) is 8.42. The number of carbonyl (C=O) groups excluding carboxylic acids is 1. The fourth-order valence-corrected chi connectivity index (χ4v) is 2.31. The van der Waals surface area contributed by atoms with E-state index in [9.17, 15) is 4.79 Å². The second-order valence-corrected chi connectivity index (χ2v) is 4.43. The number of hydrogen-bond donors (Lipinski definition) is 2. The van der Waals surface area contributed by atoms with Gasteiger partial charge >= 0.3 is 0 Å². The molecule has 0 fully saturated rings. The summed E-state index contributed by atoms with van der Waals surface area (Å²) < 4.78 is 0. The molecule has 1 aromatic carbocycles. The van der Waals surface area contributed by atoms with Crippen LogP contribution in [0.2, 0.25) is 0 Å². The highest BCUT2D eigenvalue weighted by molar-refractivity contribution is 5.79. The van der Waals surface area contributed by atoms with Crippen LogP contribution < -0.4 is 11.1 Å². The largest absolute Gasteiger partial charge is 0.368 e. The molecular formula is C13H18N2O. The van der Waals surface area contributed by atoms with Crippen molar-refractivity contribution in [2.75, 3.05) is 0 Å². The summed E-state index contributed by atoms with van der Waals surface area (Å²) in [5.74, 6) is -0.289. The second kappa shape index (κ2) is 4.66. The number of carbonyl (C=O) groups is 1. The Kier molecular flexibility index (Phi) is 3.25. The molecule has 0 radical (unpaired) electrons. The third-order valence-electron chi connectivity index (χ3n) is 3.25. The standard InChI is InChI=1S/C13H18N2O/c1-9(13(14)16)15-12-8-4-6-10-5-2-3-7-11(10)12/h2-3,5,7,9,12,15H,4,6,8H2,1H3,(H2,14,16)/t9-,12-/m1/s1. The molecule has 0 saturated carbocycles. The quantitative estimate of drug-likeness (QED) is 0.808. The molecule has 0 heterocycles. The van der Waals surface area contributed by atoms with Gasteiger partial charge in [-0.1, -0.05) is 24.3 Å². The molecule has 3 N–H and O–H groups in total. The van der Waals surface area contributed by atoms with E-state index in [4.69, 9.17) is 5.73 Å². The number of primary amides is 1. The van der Waals surface area contributed by atoms with Gasteiger partial charge in [0.25, 0.3) is 0 Å². The highest BCUT2D eigenvalue weighted by Gasteiger charge is 2.22. The molecule has 0 saturated heterocycles. The van der Waals surface area contributed by atoms with Crippen molar-refractivity contribution in [3.8, 4) is 0 Å². The topological polar surface area (TPSA) is 55.1 Å². The number of benzene rings is 1. The molecule has 0 aliphatic heterocycles. The van der Waals surface area contributed by atoms with E-state index in [0.29, 0.717) is 0 Å². The van der Waals surface area contributed by atoms with E-state index in [0.717, 1.165) is 12.8 Å². The number of amides is 1. The average Bonchev–Trinajstić information content (AvgIpc) is 2.29. The lowest BCUT2D eigenvalue weighted by molar-refractivity contribution is -0.119. The maximum absolute atomic E-state index is 11.0. The lowest BCUT2D eigenvalue weighted by atomic mass is 9.87. The Morgan fingerprint density at radius 2 is 2.25 bits per heavy atom. The predicted octanol–water partition coefficient (Wildman–Crippen LogP) is 1.53. The van der Waals surface area contributed by atoms with Crippen molar-refractivity contribution in [2.24, 2.45) is 5.73 Å². The zero-order valence-corrected chi connectivity index (χ0v) is 9.57. The number of nitrogens with two attached hydrogens (primary N) is 1. The molecule has 2 atom stereocenters. The molecule has 2 rings (SSSR count).